The molecule has 1 aliphatic heterocycles. The van der Waals surface area contributed by atoms with E-state index < -0.39 is 0 Å². The van der Waals surface area contributed by atoms with Gasteiger partial charge in [-0.25, -0.2) is 0 Å². The summed E-state index contributed by atoms with van der Waals surface area (Å²) in [5.74, 6) is 1.05. The minimum atomic E-state index is 0.402. The molecule has 2 aromatic rings. The molecule has 3 rings (SSSR count). The first kappa shape index (κ1) is 12.7. The maximum Gasteiger partial charge on any atom is 0.137 e. The third-order valence-electron chi connectivity index (χ3n) is 3.36. The molecule has 1 unspecified atom stereocenters. The lowest BCUT2D eigenvalue weighted by atomic mass is 10.1. The normalized spacial score (nSPS) is 18.8. The van der Waals surface area contributed by atoms with Gasteiger partial charge in [0, 0.05) is 12.3 Å². The molecule has 0 bridgehead atoms. The Labute approximate surface area is 123 Å². The minimum absolute atomic E-state index is 0.402. The van der Waals surface area contributed by atoms with Gasteiger partial charge in [-0.05, 0) is 11.1 Å². The Hall–Kier alpha value is -1.32. The van der Waals surface area contributed by atoms with Crippen molar-refractivity contribution in [3.8, 4) is 0 Å². The van der Waals surface area contributed by atoms with Crippen LogP contribution in [0.25, 0.3) is 0 Å². The first-order valence-electron chi connectivity index (χ1n) is 6.37. The summed E-state index contributed by atoms with van der Waals surface area (Å²) in [6, 6.07) is 21.6. The highest BCUT2D eigenvalue weighted by Crippen LogP contribution is 2.36. The molecule has 0 spiro atoms. The van der Waals surface area contributed by atoms with Crippen LogP contribution >= 0.6 is 24.0 Å². The molecule has 0 N–H and O–H groups in total. The van der Waals surface area contributed by atoms with Gasteiger partial charge in [0.25, 0.3) is 0 Å². The zero-order chi connectivity index (χ0) is 13.1. The standard InChI is InChI=1S/C16H15NS2/c18-16-17(11-13-7-3-1-4-8-13)15(12-19-16)14-9-5-2-6-10-14/h1-10,15H,11-12H2. The van der Waals surface area contributed by atoms with E-state index in [2.05, 4.69) is 65.6 Å². The SMILES string of the molecule is S=C1SCC(c2ccccc2)N1Cc1ccccc1. The molecule has 0 amide bonds. The van der Waals surface area contributed by atoms with Crippen molar-refractivity contribution in [1.82, 2.24) is 4.90 Å². The van der Waals surface area contributed by atoms with Crippen molar-refractivity contribution in [2.75, 3.05) is 5.75 Å². The Morgan fingerprint density at radius 2 is 1.63 bits per heavy atom. The van der Waals surface area contributed by atoms with E-state index in [4.69, 9.17) is 12.2 Å². The zero-order valence-corrected chi connectivity index (χ0v) is 12.2. The van der Waals surface area contributed by atoms with Crippen LogP contribution in [0.15, 0.2) is 60.7 Å². The first-order valence-corrected chi connectivity index (χ1v) is 7.76. The maximum absolute atomic E-state index is 5.51. The minimum Gasteiger partial charge on any atom is -0.345 e. The fourth-order valence-electron chi connectivity index (χ4n) is 2.36. The molecule has 1 fully saturated rings. The average molecular weight is 285 g/mol. The molecule has 1 heterocycles. The summed E-state index contributed by atoms with van der Waals surface area (Å²) in [4.78, 5) is 2.34. The van der Waals surface area contributed by atoms with Crippen molar-refractivity contribution < 1.29 is 0 Å². The number of benzene rings is 2. The fraction of sp³-hybridized carbons (Fsp3) is 0.188. The zero-order valence-electron chi connectivity index (χ0n) is 10.5. The van der Waals surface area contributed by atoms with Gasteiger partial charge in [0.05, 0.1) is 6.04 Å². The van der Waals surface area contributed by atoms with Gasteiger partial charge in [-0.15, -0.1) is 0 Å². The summed E-state index contributed by atoms with van der Waals surface area (Å²) in [6.45, 7) is 0.895. The quantitative estimate of drug-likeness (QED) is 0.776. The number of nitrogens with zero attached hydrogens (tertiary/aromatic N) is 1. The number of thioether (sulfide) groups is 1. The van der Waals surface area contributed by atoms with Crippen molar-refractivity contribution in [2.24, 2.45) is 0 Å². The highest BCUT2D eigenvalue weighted by Gasteiger charge is 2.29. The molecule has 0 aromatic heterocycles. The molecular weight excluding hydrogens is 270 g/mol. The predicted octanol–water partition coefficient (Wildman–Crippen LogP) is 4.26. The maximum atomic E-state index is 5.51. The van der Waals surface area contributed by atoms with Crippen molar-refractivity contribution in [3.05, 3.63) is 71.8 Å². The third-order valence-corrected chi connectivity index (χ3v) is 4.91. The van der Waals surface area contributed by atoms with Gasteiger partial charge < -0.3 is 4.90 Å². The summed E-state index contributed by atoms with van der Waals surface area (Å²) in [5.41, 5.74) is 2.67. The van der Waals surface area contributed by atoms with Crippen LogP contribution in [0.4, 0.5) is 0 Å². The van der Waals surface area contributed by atoms with E-state index in [9.17, 15) is 0 Å². The summed E-state index contributed by atoms with van der Waals surface area (Å²) in [6.07, 6.45) is 0. The van der Waals surface area contributed by atoms with Gasteiger partial charge >= 0.3 is 0 Å². The van der Waals surface area contributed by atoms with Gasteiger partial charge in [0.15, 0.2) is 0 Å². The monoisotopic (exact) mass is 285 g/mol. The van der Waals surface area contributed by atoms with Crippen LogP contribution in [0.1, 0.15) is 17.2 Å². The number of hydrogen-bond donors (Lipinski definition) is 0. The summed E-state index contributed by atoms with van der Waals surface area (Å²) in [7, 11) is 0. The van der Waals surface area contributed by atoms with Gasteiger partial charge in [0.1, 0.15) is 4.32 Å². The Morgan fingerprint density at radius 1 is 1.00 bits per heavy atom. The van der Waals surface area contributed by atoms with E-state index in [-0.39, 0.29) is 0 Å². The van der Waals surface area contributed by atoms with Gasteiger partial charge in [-0.2, -0.15) is 0 Å². The molecule has 3 heteroatoms. The van der Waals surface area contributed by atoms with Crippen LogP contribution in [-0.2, 0) is 6.54 Å². The molecule has 1 nitrogen and oxygen atoms in total. The number of hydrogen-bond acceptors (Lipinski definition) is 2. The molecule has 19 heavy (non-hydrogen) atoms. The van der Waals surface area contributed by atoms with Crippen LogP contribution in [0.5, 0.6) is 0 Å². The first-order chi connectivity index (χ1) is 9.34. The lowest BCUT2D eigenvalue weighted by molar-refractivity contribution is 0.356. The molecule has 0 radical (unpaired) electrons. The summed E-state index contributed by atoms with van der Waals surface area (Å²) in [5, 5.41) is 0. The highest BCUT2D eigenvalue weighted by molar-refractivity contribution is 8.23. The Morgan fingerprint density at radius 3 is 2.32 bits per heavy atom. The van der Waals surface area contributed by atoms with Crippen LogP contribution in [0, 0.1) is 0 Å². The Bertz CT molecular complexity index is 553. The van der Waals surface area contributed by atoms with E-state index in [0.29, 0.717) is 6.04 Å². The van der Waals surface area contributed by atoms with Crippen LogP contribution in [0.2, 0.25) is 0 Å². The molecule has 1 saturated heterocycles. The van der Waals surface area contributed by atoms with Gasteiger partial charge in [0.2, 0.25) is 0 Å². The third kappa shape index (κ3) is 2.82. The van der Waals surface area contributed by atoms with Crippen LogP contribution in [-0.4, -0.2) is 15.0 Å². The Kier molecular flexibility index (Phi) is 3.85. The topological polar surface area (TPSA) is 3.24 Å². The van der Waals surface area contributed by atoms with E-state index in [1.54, 1.807) is 11.8 Å². The molecular formula is C16H15NS2. The smallest absolute Gasteiger partial charge is 0.137 e. The van der Waals surface area contributed by atoms with E-state index in [1.165, 1.54) is 11.1 Å². The van der Waals surface area contributed by atoms with E-state index >= 15 is 0 Å². The van der Waals surface area contributed by atoms with Crippen molar-refractivity contribution >= 4 is 28.3 Å². The molecule has 2 aromatic carbocycles. The second kappa shape index (κ2) is 5.76. The summed E-state index contributed by atoms with van der Waals surface area (Å²) >= 11 is 7.29. The molecule has 0 aliphatic carbocycles. The molecule has 1 aliphatic rings. The van der Waals surface area contributed by atoms with Crippen molar-refractivity contribution in [1.29, 1.82) is 0 Å². The van der Waals surface area contributed by atoms with Crippen molar-refractivity contribution in [2.45, 2.75) is 12.6 Å². The largest absolute Gasteiger partial charge is 0.345 e. The number of thiocarbonyl (C=S) groups is 1. The number of rotatable bonds is 3. The highest BCUT2D eigenvalue weighted by atomic mass is 32.2. The van der Waals surface area contributed by atoms with Gasteiger partial charge in [-0.1, -0.05) is 84.6 Å². The van der Waals surface area contributed by atoms with Crippen molar-refractivity contribution in [3.63, 3.8) is 0 Å². The second-order valence-electron chi connectivity index (χ2n) is 4.62. The molecule has 1 atom stereocenters. The fourth-order valence-corrected chi connectivity index (χ4v) is 3.78. The second-order valence-corrected chi connectivity index (χ2v) is 6.27. The van der Waals surface area contributed by atoms with Gasteiger partial charge in [-0.3, -0.25) is 0 Å². The van der Waals surface area contributed by atoms with E-state index in [1.807, 2.05) is 0 Å². The van der Waals surface area contributed by atoms with Crippen LogP contribution < -0.4 is 0 Å². The lowest BCUT2D eigenvalue weighted by Crippen LogP contribution is -2.26. The Balaban J connectivity index is 1.83. The molecule has 96 valence electrons. The van der Waals surface area contributed by atoms with Crippen LogP contribution in [0.3, 0.4) is 0 Å². The van der Waals surface area contributed by atoms with E-state index in [0.717, 1.165) is 16.6 Å². The lowest BCUT2D eigenvalue weighted by Gasteiger charge is -2.26. The molecule has 0 saturated carbocycles. The average Bonchev–Trinajstić information content (AvgIpc) is 2.82. The summed E-state index contributed by atoms with van der Waals surface area (Å²) < 4.78 is 1.01. The predicted molar refractivity (Wildman–Crippen MR) is 86.2 cm³/mol.